The number of piperidine rings is 1. The molecule has 1 atom stereocenters. The SMILES string of the molecule is Fc1cccc(C2CNCCC23Cc2ccccc2C3)c1. The van der Waals surface area contributed by atoms with Gasteiger partial charge in [0.05, 0.1) is 0 Å². The quantitative estimate of drug-likeness (QED) is 0.840. The van der Waals surface area contributed by atoms with Crippen LogP contribution in [0.5, 0.6) is 0 Å². The van der Waals surface area contributed by atoms with Gasteiger partial charge in [-0.3, -0.25) is 0 Å². The third-order valence-electron chi connectivity index (χ3n) is 5.34. The highest BCUT2D eigenvalue weighted by Crippen LogP contribution is 2.50. The van der Waals surface area contributed by atoms with E-state index < -0.39 is 0 Å². The Balaban J connectivity index is 1.73. The van der Waals surface area contributed by atoms with Crippen molar-refractivity contribution in [1.29, 1.82) is 0 Å². The number of hydrogen-bond acceptors (Lipinski definition) is 1. The maximum absolute atomic E-state index is 13.6. The van der Waals surface area contributed by atoms with Gasteiger partial charge in [0.2, 0.25) is 0 Å². The van der Waals surface area contributed by atoms with Gasteiger partial charge >= 0.3 is 0 Å². The molecule has 2 aliphatic rings. The van der Waals surface area contributed by atoms with Gasteiger partial charge < -0.3 is 5.32 Å². The molecule has 1 aliphatic carbocycles. The zero-order valence-corrected chi connectivity index (χ0v) is 12.1. The van der Waals surface area contributed by atoms with Crippen LogP contribution in [0.15, 0.2) is 48.5 Å². The van der Waals surface area contributed by atoms with E-state index in [2.05, 4.69) is 35.6 Å². The smallest absolute Gasteiger partial charge is 0.123 e. The predicted molar refractivity (Wildman–Crippen MR) is 82.9 cm³/mol. The van der Waals surface area contributed by atoms with E-state index in [4.69, 9.17) is 0 Å². The number of fused-ring (bicyclic) bond motifs is 1. The summed E-state index contributed by atoms with van der Waals surface area (Å²) in [5.41, 5.74) is 4.39. The maximum Gasteiger partial charge on any atom is 0.123 e. The first-order valence-corrected chi connectivity index (χ1v) is 7.80. The molecule has 0 aromatic heterocycles. The lowest BCUT2D eigenvalue weighted by Gasteiger charge is -2.42. The lowest BCUT2D eigenvalue weighted by atomic mass is 9.66. The average Bonchev–Trinajstić information content (AvgIpc) is 2.86. The second-order valence-electron chi connectivity index (χ2n) is 6.55. The summed E-state index contributed by atoms with van der Waals surface area (Å²) in [6, 6.07) is 16.0. The van der Waals surface area contributed by atoms with Crippen molar-refractivity contribution in [2.75, 3.05) is 13.1 Å². The molecule has 1 unspecified atom stereocenters. The molecule has 1 heterocycles. The summed E-state index contributed by atoms with van der Waals surface area (Å²) in [4.78, 5) is 0. The summed E-state index contributed by atoms with van der Waals surface area (Å²) in [7, 11) is 0. The second-order valence-corrected chi connectivity index (χ2v) is 6.55. The highest BCUT2D eigenvalue weighted by molar-refractivity contribution is 5.38. The Labute approximate surface area is 125 Å². The fourth-order valence-corrected chi connectivity index (χ4v) is 4.32. The third-order valence-corrected chi connectivity index (χ3v) is 5.34. The Kier molecular flexibility index (Phi) is 3.07. The van der Waals surface area contributed by atoms with Crippen LogP contribution in [-0.2, 0) is 12.8 Å². The zero-order valence-electron chi connectivity index (χ0n) is 12.1. The molecule has 4 rings (SSSR count). The Morgan fingerprint density at radius 1 is 1.00 bits per heavy atom. The molecule has 0 saturated carbocycles. The van der Waals surface area contributed by atoms with Gasteiger partial charge in [-0.25, -0.2) is 4.39 Å². The zero-order chi connectivity index (χ0) is 14.3. The van der Waals surface area contributed by atoms with Crippen LogP contribution in [0.2, 0.25) is 0 Å². The average molecular weight is 281 g/mol. The molecule has 0 bridgehead atoms. The molecule has 1 N–H and O–H groups in total. The molecule has 108 valence electrons. The number of benzene rings is 2. The summed E-state index contributed by atoms with van der Waals surface area (Å²) in [5.74, 6) is 0.276. The molecule has 1 spiro atoms. The van der Waals surface area contributed by atoms with E-state index in [9.17, 15) is 4.39 Å². The van der Waals surface area contributed by atoms with Crippen LogP contribution < -0.4 is 5.32 Å². The van der Waals surface area contributed by atoms with Crippen LogP contribution in [-0.4, -0.2) is 13.1 Å². The normalized spacial score (nSPS) is 23.2. The lowest BCUT2D eigenvalue weighted by Crippen LogP contribution is -2.44. The monoisotopic (exact) mass is 281 g/mol. The maximum atomic E-state index is 13.6. The Bertz CT molecular complexity index is 639. The van der Waals surface area contributed by atoms with E-state index in [1.54, 1.807) is 6.07 Å². The first kappa shape index (κ1) is 13.0. The van der Waals surface area contributed by atoms with Crippen molar-refractivity contribution in [3.05, 3.63) is 71.0 Å². The number of nitrogens with one attached hydrogen (secondary N) is 1. The van der Waals surface area contributed by atoms with Crippen LogP contribution in [0.25, 0.3) is 0 Å². The first-order valence-electron chi connectivity index (χ1n) is 7.80. The molecule has 1 nitrogen and oxygen atoms in total. The fraction of sp³-hybridized carbons (Fsp3) is 0.368. The number of hydrogen-bond donors (Lipinski definition) is 1. The second kappa shape index (κ2) is 4.96. The summed E-state index contributed by atoms with van der Waals surface area (Å²) in [6.07, 6.45) is 3.43. The van der Waals surface area contributed by atoms with E-state index in [1.165, 1.54) is 23.6 Å². The van der Waals surface area contributed by atoms with E-state index in [1.807, 2.05) is 6.07 Å². The molecule has 0 radical (unpaired) electrons. The fourth-order valence-electron chi connectivity index (χ4n) is 4.32. The molecule has 1 aliphatic heterocycles. The van der Waals surface area contributed by atoms with Gasteiger partial charge in [-0.05, 0) is 60.0 Å². The van der Waals surface area contributed by atoms with Crippen LogP contribution in [0.4, 0.5) is 4.39 Å². The van der Waals surface area contributed by atoms with Crippen molar-refractivity contribution in [2.24, 2.45) is 5.41 Å². The van der Waals surface area contributed by atoms with Crippen LogP contribution in [0.1, 0.15) is 29.0 Å². The van der Waals surface area contributed by atoms with E-state index in [0.717, 1.165) is 31.5 Å². The number of halogens is 1. The summed E-state index contributed by atoms with van der Waals surface area (Å²) >= 11 is 0. The molecular weight excluding hydrogens is 261 g/mol. The van der Waals surface area contributed by atoms with Gasteiger partial charge in [0.25, 0.3) is 0 Å². The van der Waals surface area contributed by atoms with Crippen molar-refractivity contribution in [3.63, 3.8) is 0 Å². The molecule has 2 aromatic carbocycles. The van der Waals surface area contributed by atoms with E-state index in [0.29, 0.717) is 5.92 Å². The van der Waals surface area contributed by atoms with Crippen molar-refractivity contribution >= 4 is 0 Å². The largest absolute Gasteiger partial charge is 0.316 e. The highest BCUT2D eigenvalue weighted by atomic mass is 19.1. The molecular formula is C19H20FN. The molecule has 21 heavy (non-hydrogen) atoms. The van der Waals surface area contributed by atoms with Crippen LogP contribution in [0.3, 0.4) is 0 Å². The molecule has 2 aromatic rings. The van der Waals surface area contributed by atoms with Gasteiger partial charge in [0.15, 0.2) is 0 Å². The minimum absolute atomic E-state index is 0.122. The highest BCUT2D eigenvalue weighted by Gasteiger charge is 2.45. The van der Waals surface area contributed by atoms with E-state index >= 15 is 0 Å². The van der Waals surface area contributed by atoms with Crippen molar-refractivity contribution in [1.82, 2.24) is 5.32 Å². The standard InChI is InChI=1S/C19H20FN/c20-17-7-3-6-14(10-17)18-13-21-9-8-19(18)11-15-4-1-2-5-16(15)12-19/h1-7,10,18,21H,8-9,11-13H2. The topological polar surface area (TPSA) is 12.0 Å². The van der Waals surface area contributed by atoms with Crippen LogP contribution in [0, 0.1) is 11.2 Å². The summed E-state index contributed by atoms with van der Waals surface area (Å²) in [5, 5.41) is 3.51. The van der Waals surface area contributed by atoms with E-state index in [-0.39, 0.29) is 11.2 Å². The minimum atomic E-state index is -0.122. The minimum Gasteiger partial charge on any atom is -0.316 e. The predicted octanol–water partition coefficient (Wildman–Crippen LogP) is 3.69. The molecule has 0 amide bonds. The molecule has 2 heteroatoms. The molecule has 1 saturated heterocycles. The molecule has 1 fully saturated rings. The van der Waals surface area contributed by atoms with Gasteiger partial charge in [-0.2, -0.15) is 0 Å². The summed E-state index contributed by atoms with van der Waals surface area (Å²) < 4.78 is 13.6. The Morgan fingerprint density at radius 2 is 1.76 bits per heavy atom. The van der Waals surface area contributed by atoms with Gasteiger partial charge in [0.1, 0.15) is 5.82 Å². The third kappa shape index (κ3) is 2.18. The van der Waals surface area contributed by atoms with Crippen molar-refractivity contribution in [2.45, 2.75) is 25.2 Å². The van der Waals surface area contributed by atoms with Gasteiger partial charge in [0, 0.05) is 12.5 Å². The van der Waals surface area contributed by atoms with Gasteiger partial charge in [-0.15, -0.1) is 0 Å². The van der Waals surface area contributed by atoms with Gasteiger partial charge in [-0.1, -0.05) is 36.4 Å². The van der Waals surface area contributed by atoms with Crippen LogP contribution >= 0.6 is 0 Å². The number of rotatable bonds is 1. The Morgan fingerprint density at radius 3 is 2.48 bits per heavy atom. The summed E-state index contributed by atoms with van der Waals surface area (Å²) in [6.45, 7) is 2.03. The van der Waals surface area contributed by atoms with Crippen molar-refractivity contribution in [3.8, 4) is 0 Å². The lowest BCUT2D eigenvalue weighted by molar-refractivity contribution is 0.175. The Hall–Kier alpha value is -1.67. The first-order chi connectivity index (χ1) is 10.3. The van der Waals surface area contributed by atoms with Crippen molar-refractivity contribution < 1.29 is 4.39 Å².